The summed E-state index contributed by atoms with van der Waals surface area (Å²) < 4.78 is 38.3. The minimum absolute atomic E-state index is 0.124. The maximum absolute atomic E-state index is 12.5. The molecule has 0 aromatic carbocycles. The summed E-state index contributed by atoms with van der Waals surface area (Å²) in [4.78, 5) is 17.8. The fourth-order valence-corrected chi connectivity index (χ4v) is 1.39. The molecule has 6 nitrogen and oxygen atoms in total. The molecule has 0 radical (unpaired) electrons. The van der Waals surface area contributed by atoms with Gasteiger partial charge in [-0.05, 0) is 13.0 Å². The monoisotopic (exact) mass is 272 g/mol. The number of aromatic carboxylic acids is 1. The average Bonchev–Trinajstić information content (AvgIpc) is 2.70. The van der Waals surface area contributed by atoms with Gasteiger partial charge in [0.05, 0.1) is 5.69 Å². The minimum atomic E-state index is -4.60. The van der Waals surface area contributed by atoms with E-state index < -0.39 is 17.8 Å². The molecule has 0 bridgehead atoms. The summed E-state index contributed by atoms with van der Waals surface area (Å²) in [7, 11) is 0. The first kappa shape index (κ1) is 13.0. The van der Waals surface area contributed by atoms with Crippen LogP contribution in [0.15, 0.2) is 18.5 Å². The Hall–Kier alpha value is -2.45. The van der Waals surface area contributed by atoms with Gasteiger partial charge >= 0.3 is 12.1 Å². The number of aryl methyl sites for hydroxylation is 1. The number of hydrogen-bond donors (Lipinski definition) is 1. The Morgan fingerprint density at radius 2 is 2.11 bits per heavy atom. The SMILES string of the molecule is Cc1nn(-c2nccc(C(F)(F)F)n2)cc1C(=O)O. The second kappa shape index (κ2) is 4.34. The van der Waals surface area contributed by atoms with Gasteiger partial charge in [-0.25, -0.2) is 19.4 Å². The van der Waals surface area contributed by atoms with Gasteiger partial charge in [0.1, 0.15) is 11.3 Å². The highest BCUT2D eigenvalue weighted by Gasteiger charge is 2.33. The molecule has 0 aliphatic carbocycles. The van der Waals surface area contributed by atoms with Crippen LogP contribution in [0.3, 0.4) is 0 Å². The molecular formula is C10H7F3N4O2. The van der Waals surface area contributed by atoms with E-state index in [1.165, 1.54) is 6.92 Å². The molecule has 1 N–H and O–H groups in total. The van der Waals surface area contributed by atoms with E-state index in [-0.39, 0.29) is 17.2 Å². The van der Waals surface area contributed by atoms with Crippen LogP contribution < -0.4 is 0 Å². The summed E-state index contributed by atoms with van der Waals surface area (Å²) in [6.07, 6.45) is -2.61. The molecule has 0 spiro atoms. The number of halogens is 3. The number of rotatable bonds is 2. The molecule has 0 amide bonds. The molecule has 19 heavy (non-hydrogen) atoms. The van der Waals surface area contributed by atoms with E-state index in [4.69, 9.17) is 5.11 Å². The fourth-order valence-electron chi connectivity index (χ4n) is 1.39. The third-order valence-corrected chi connectivity index (χ3v) is 2.27. The van der Waals surface area contributed by atoms with Crippen LogP contribution in [0, 0.1) is 6.92 Å². The third kappa shape index (κ3) is 2.54. The summed E-state index contributed by atoms with van der Waals surface area (Å²) in [5.74, 6) is -1.57. The molecular weight excluding hydrogens is 265 g/mol. The van der Waals surface area contributed by atoms with Gasteiger partial charge in [-0.15, -0.1) is 0 Å². The summed E-state index contributed by atoms with van der Waals surface area (Å²) in [5.41, 5.74) is -1.09. The van der Waals surface area contributed by atoms with E-state index in [2.05, 4.69) is 15.1 Å². The van der Waals surface area contributed by atoms with Crippen LogP contribution >= 0.6 is 0 Å². The highest BCUT2D eigenvalue weighted by Crippen LogP contribution is 2.27. The highest BCUT2D eigenvalue weighted by atomic mass is 19.4. The number of nitrogens with zero attached hydrogens (tertiary/aromatic N) is 4. The van der Waals surface area contributed by atoms with Crippen molar-refractivity contribution in [2.75, 3.05) is 0 Å². The summed E-state index contributed by atoms with van der Waals surface area (Å²) >= 11 is 0. The third-order valence-electron chi connectivity index (χ3n) is 2.27. The van der Waals surface area contributed by atoms with Crippen molar-refractivity contribution < 1.29 is 23.1 Å². The number of aromatic nitrogens is 4. The predicted molar refractivity (Wildman–Crippen MR) is 55.9 cm³/mol. The second-order valence-electron chi connectivity index (χ2n) is 3.62. The van der Waals surface area contributed by atoms with Crippen LogP contribution in [0.4, 0.5) is 13.2 Å². The van der Waals surface area contributed by atoms with Gasteiger partial charge in [0.25, 0.3) is 5.95 Å². The molecule has 0 saturated carbocycles. The number of carbonyl (C=O) groups is 1. The molecule has 2 aromatic heterocycles. The summed E-state index contributed by atoms with van der Waals surface area (Å²) in [5, 5.41) is 12.6. The van der Waals surface area contributed by atoms with Crippen molar-refractivity contribution in [3.05, 3.63) is 35.4 Å². The lowest BCUT2D eigenvalue weighted by molar-refractivity contribution is -0.141. The van der Waals surface area contributed by atoms with Crippen LogP contribution in [-0.2, 0) is 6.18 Å². The van der Waals surface area contributed by atoms with E-state index in [0.29, 0.717) is 0 Å². The van der Waals surface area contributed by atoms with Crippen LogP contribution in [0.1, 0.15) is 21.7 Å². The van der Waals surface area contributed by atoms with E-state index >= 15 is 0 Å². The Morgan fingerprint density at radius 3 is 2.63 bits per heavy atom. The topological polar surface area (TPSA) is 80.9 Å². The van der Waals surface area contributed by atoms with Gasteiger partial charge in [0, 0.05) is 12.4 Å². The van der Waals surface area contributed by atoms with Gasteiger partial charge in [-0.1, -0.05) is 0 Å². The Kier molecular flexibility index (Phi) is 2.97. The van der Waals surface area contributed by atoms with Crippen molar-refractivity contribution >= 4 is 5.97 Å². The van der Waals surface area contributed by atoms with Crippen LogP contribution in [-0.4, -0.2) is 30.8 Å². The van der Waals surface area contributed by atoms with Gasteiger partial charge in [0.2, 0.25) is 0 Å². The van der Waals surface area contributed by atoms with Gasteiger partial charge in [-0.3, -0.25) is 0 Å². The van der Waals surface area contributed by atoms with Crippen molar-refractivity contribution in [1.29, 1.82) is 0 Å². The summed E-state index contributed by atoms with van der Waals surface area (Å²) in [6.45, 7) is 1.42. The molecule has 0 unspecified atom stereocenters. The molecule has 2 aromatic rings. The van der Waals surface area contributed by atoms with Gasteiger partial charge in [-0.2, -0.15) is 18.3 Å². The Balaban J connectivity index is 2.48. The smallest absolute Gasteiger partial charge is 0.433 e. The van der Waals surface area contributed by atoms with E-state index in [1.54, 1.807) is 0 Å². The molecule has 2 heterocycles. The molecule has 2 rings (SSSR count). The second-order valence-corrected chi connectivity index (χ2v) is 3.62. The summed E-state index contributed by atoms with van der Waals surface area (Å²) in [6, 6.07) is 0.720. The molecule has 0 saturated heterocycles. The molecule has 0 aliphatic rings. The van der Waals surface area contributed by atoms with Crippen molar-refractivity contribution in [3.63, 3.8) is 0 Å². The normalized spacial score (nSPS) is 11.6. The first-order valence-corrected chi connectivity index (χ1v) is 4.99. The zero-order valence-electron chi connectivity index (χ0n) is 9.51. The zero-order chi connectivity index (χ0) is 14.2. The average molecular weight is 272 g/mol. The molecule has 0 aliphatic heterocycles. The minimum Gasteiger partial charge on any atom is -0.478 e. The lowest BCUT2D eigenvalue weighted by Gasteiger charge is -2.06. The quantitative estimate of drug-likeness (QED) is 0.899. The number of carboxylic acids is 1. The van der Waals surface area contributed by atoms with Gasteiger partial charge < -0.3 is 5.11 Å². The van der Waals surface area contributed by atoms with Gasteiger partial charge in [0.15, 0.2) is 0 Å². The maximum Gasteiger partial charge on any atom is 0.433 e. The van der Waals surface area contributed by atoms with Crippen molar-refractivity contribution in [1.82, 2.24) is 19.7 Å². The largest absolute Gasteiger partial charge is 0.478 e. The molecule has 0 atom stereocenters. The number of hydrogen-bond acceptors (Lipinski definition) is 4. The maximum atomic E-state index is 12.5. The van der Waals surface area contributed by atoms with Crippen molar-refractivity contribution in [2.24, 2.45) is 0 Å². The van der Waals surface area contributed by atoms with Crippen LogP contribution in [0.2, 0.25) is 0 Å². The lowest BCUT2D eigenvalue weighted by Crippen LogP contribution is -2.11. The molecule has 9 heteroatoms. The molecule has 0 fully saturated rings. The Bertz CT molecular complexity index is 636. The zero-order valence-corrected chi connectivity index (χ0v) is 9.51. The van der Waals surface area contributed by atoms with E-state index in [1.807, 2.05) is 0 Å². The number of carboxylic acid groups (broad SMARTS) is 1. The highest BCUT2D eigenvalue weighted by molar-refractivity contribution is 5.88. The Labute approximate surface area is 104 Å². The first-order chi connectivity index (χ1) is 8.79. The standard InChI is InChI=1S/C10H7F3N4O2/c1-5-6(8(18)19)4-17(16-5)9-14-3-2-7(15-9)10(11,12)13/h2-4H,1H3,(H,18,19). The lowest BCUT2D eigenvalue weighted by atomic mass is 10.3. The van der Waals surface area contributed by atoms with E-state index in [9.17, 15) is 18.0 Å². The van der Waals surface area contributed by atoms with E-state index in [0.717, 1.165) is 23.1 Å². The first-order valence-electron chi connectivity index (χ1n) is 4.99. The van der Waals surface area contributed by atoms with Crippen LogP contribution in [0.5, 0.6) is 0 Å². The van der Waals surface area contributed by atoms with Crippen molar-refractivity contribution in [3.8, 4) is 5.95 Å². The van der Waals surface area contributed by atoms with Crippen LogP contribution in [0.25, 0.3) is 5.95 Å². The molecule has 100 valence electrons. The fraction of sp³-hybridized carbons (Fsp3) is 0.200. The van der Waals surface area contributed by atoms with Crippen molar-refractivity contribution in [2.45, 2.75) is 13.1 Å². The number of alkyl halides is 3. The predicted octanol–water partition coefficient (Wildman–Crippen LogP) is 1.69. The Morgan fingerprint density at radius 1 is 1.42 bits per heavy atom.